The lowest BCUT2D eigenvalue weighted by molar-refractivity contribution is -0.142. The highest BCUT2D eigenvalue weighted by Crippen LogP contribution is 2.55. The lowest BCUT2D eigenvalue weighted by atomic mass is 9.74. The maximum Gasteiger partial charge on any atom is 0.246 e. The number of hydrogen-bond acceptors (Lipinski definition) is 4. The van der Waals surface area contributed by atoms with Gasteiger partial charge in [-0.05, 0) is 38.2 Å². The zero-order valence-corrected chi connectivity index (χ0v) is 19.0. The van der Waals surface area contributed by atoms with Gasteiger partial charge >= 0.3 is 0 Å². The standard InChI is InChI=1S/C26H31N3O4/c1-15-6-8-16(9-7-15)14-29-22(24(31)28-17-4-2-3-5-17)26-13-12-19(33-26)20(21(26)25(29)32)23(30)27-18-10-11-18/h6-9,12-13,17-22H,2-5,10-11,14H2,1H3,(H,27,30)(H,28,31)/t19-,20+,21-,22+,26-/m1/s1. The zero-order valence-electron chi connectivity index (χ0n) is 19.0. The molecule has 1 aromatic carbocycles. The molecule has 1 spiro atoms. The van der Waals surface area contributed by atoms with Gasteiger partial charge in [-0.1, -0.05) is 54.8 Å². The molecule has 174 valence electrons. The van der Waals surface area contributed by atoms with E-state index in [1.807, 2.05) is 43.3 Å². The van der Waals surface area contributed by atoms with E-state index in [4.69, 9.17) is 4.74 Å². The number of carbonyl (C=O) groups is 3. The van der Waals surface area contributed by atoms with Crippen LogP contribution in [0, 0.1) is 18.8 Å². The molecule has 4 fully saturated rings. The van der Waals surface area contributed by atoms with Gasteiger partial charge in [-0.15, -0.1) is 0 Å². The van der Waals surface area contributed by atoms with Crippen LogP contribution < -0.4 is 10.6 Å². The number of hydrogen-bond donors (Lipinski definition) is 2. The quantitative estimate of drug-likeness (QED) is 0.650. The SMILES string of the molecule is Cc1ccc(CN2C(=O)[C@H]3[C@@H](C(=O)NC4CC4)[C@H]4C=C[C@]3(O4)[C@@H]2C(=O)NC2CCCC2)cc1. The van der Waals surface area contributed by atoms with Crippen LogP contribution in [-0.2, 0) is 25.7 Å². The van der Waals surface area contributed by atoms with Crippen molar-refractivity contribution in [3.05, 3.63) is 47.5 Å². The molecule has 6 rings (SSSR count). The molecule has 2 bridgehead atoms. The van der Waals surface area contributed by atoms with Gasteiger partial charge in [0.05, 0.1) is 17.9 Å². The number of nitrogens with one attached hydrogen (secondary N) is 2. The van der Waals surface area contributed by atoms with E-state index in [2.05, 4.69) is 10.6 Å². The second-order valence-electron chi connectivity index (χ2n) is 10.4. The number of rotatable bonds is 6. The van der Waals surface area contributed by atoms with Crippen molar-refractivity contribution in [2.45, 2.75) is 81.8 Å². The third-order valence-electron chi connectivity index (χ3n) is 8.02. The van der Waals surface area contributed by atoms with Crippen molar-refractivity contribution in [2.24, 2.45) is 11.8 Å². The van der Waals surface area contributed by atoms with E-state index in [1.54, 1.807) is 4.90 Å². The van der Waals surface area contributed by atoms with Gasteiger partial charge in [-0.3, -0.25) is 14.4 Å². The van der Waals surface area contributed by atoms with Crippen LogP contribution in [-0.4, -0.2) is 52.5 Å². The minimum atomic E-state index is -1.08. The van der Waals surface area contributed by atoms with Crippen molar-refractivity contribution < 1.29 is 19.1 Å². The van der Waals surface area contributed by atoms with Crippen molar-refractivity contribution in [1.29, 1.82) is 0 Å². The Balaban J connectivity index is 1.34. The Morgan fingerprint density at radius 3 is 2.39 bits per heavy atom. The summed E-state index contributed by atoms with van der Waals surface area (Å²) < 4.78 is 6.38. The molecule has 0 radical (unpaired) electrons. The monoisotopic (exact) mass is 449 g/mol. The van der Waals surface area contributed by atoms with Crippen molar-refractivity contribution in [3.63, 3.8) is 0 Å². The predicted octanol–water partition coefficient (Wildman–Crippen LogP) is 1.98. The Morgan fingerprint density at radius 1 is 1.03 bits per heavy atom. The molecule has 7 nitrogen and oxygen atoms in total. The molecule has 5 atom stereocenters. The average Bonchev–Trinajstić information content (AvgIpc) is 3.15. The molecule has 2 aliphatic carbocycles. The first-order valence-corrected chi connectivity index (χ1v) is 12.3. The largest absolute Gasteiger partial charge is 0.359 e. The van der Waals surface area contributed by atoms with Gasteiger partial charge in [0.1, 0.15) is 11.6 Å². The fourth-order valence-corrected chi connectivity index (χ4v) is 6.20. The minimum Gasteiger partial charge on any atom is -0.359 e. The molecule has 0 aromatic heterocycles. The van der Waals surface area contributed by atoms with Gasteiger partial charge < -0.3 is 20.3 Å². The summed E-state index contributed by atoms with van der Waals surface area (Å²) in [6.45, 7) is 2.34. The first-order valence-electron chi connectivity index (χ1n) is 12.3. The number of ether oxygens (including phenoxy) is 1. The summed E-state index contributed by atoms with van der Waals surface area (Å²) in [6, 6.07) is 7.57. The highest BCUT2D eigenvalue weighted by molar-refractivity contribution is 6.00. The van der Waals surface area contributed by atoms with E-state index < -0.39 is 29.6 Å². The number of carbonyl (C=O) groups excluding carboxylic acids is 3. The van der Waals surface area contributed by atoms with E-state index in [9.17, 15) is 14.4 Å². The summed E-state index contributed by atoms with van der Waals surface area (Å²) in [4.78, 5) is 42.3. The van der Waals surface area contributed by atoms with Gasteiger partial charge in [0, 0.05) is 18.6 Å². The normalized spacial score (nSPS) is 34.7. The van der Waals surface area contributed by atoms with E-state index in [0.717, 1.165) is 49.7 Å². The third-order valence-corrected chi connectivity index (χ3v) is 8.02. The van der Waals surface area contributed by atoms with Gasteiger partial charge in [-0.25, -0.2) is 0 Å². The van der Waals surface area contributed by atoms with Crippen LogP contribution >= 0.6 is 0 Å². The Hall–Kier alpha value is -2.67. The van der Waals surface area contributed by atoms with Crippen LogP contribution in [0.15, 0.2) is 36.4 Å². The predicted molar refractivity (Wildman–Crippen MR) is 121 cm³/mol. The highest BCUT2D eigenvalue weighted by Gasteiger charge is 2.72. The van der Waals surface area contributed by atoms with Gasteiger partial charge in [-0.2, -0.15) is 0 Å². The first kappa shape index (κ1) is 20.9. The Bertz CT molecular complexity index is 1010. The molecule has 3 aliphatic heterocycles. The lowest BCUT2D eigenvalue weighted by Gasteiger charge is -2.33. The third kappa shape index (κ3) is 3.39. The summed E-state index contributed by atoms with van der Waals surface area (Å²) in [5.41, 5.74) is 1.02. The number of benzene rings is 1. The molecular formula is C26H31N3O4. The molecule has 33 heavy (non-hydrogen) atoms. The topological polar surface area (TPSA) is 87.7 Å². The maximum atomic E-state index is 13.9. The lowest BCUT2D eigenvalue weighted by Crippen LogP contribution is -2.55. The van der Waals surface area contributed by atoms with Crippen molar-refractivity contribution in [3.8, 4) is 0 Å². The molecule has 0 unspecified atom stereocenters. The van der Waals surface area contributed by atoms with Crippen LogP contribution in [0.5, 0.6) is 0 Å². The zero-order chi connectivity index (χ0) is 22.7. The van der Waals surface area contributed by atoms with Crippen LogP contribution in [0.2, 0.25) is 0 Å². The summed E-state index contributed by atoms with van der Waals surface area (Å²) >= 11 is 0. The van der Waals surface area contributed by atoms with E-state index in [1.165, 1.54) is 0 Å². The maximum absolute atomic E-state index is 13.9. The van der Waals surface area contributed by atoms with Crippen molar-refractivity contribution in [2.75, 3.05) is 0 Å². The average molecular weight is 450 g/mol. The van der Waals surface area contributed by atoms with Gasteiger partial charge in [0.2, 0.25) is 17.7 Å². The molecule has 3 amide bonds. The summed E-state index contributed by atoms with van der Waals surface area (Å²) in [6.07, 6.45) is 9.42. The fraction of sp³-hybridized carbons (Fsp3) is 0.577. The molecule has 3 heterocycles. The fourth-order valence-electron chi connectivity index (χ4n) is 6.20. The number of likely N-dealkylation sites (tertiary alicyclic amines) is 1. The van der Waals surface area contributed by atoms with Crippen LogP contribution in [0.1, 0.15) is 49.7 Å². The molecule has 2 saturated heterocycles. The smallest absolute Gasteiger partial charge is 0.246 e. The highest BCUT2D eigenvalue weighted by atomic mass is 16.5. The Kier molecular flexibility index (Phi) is 4.87. The summed E-state index contributed by atoms with van der Waals surface area (Å²) in [5.74, 6) is -1.72. The van der Waals surface area contributed by atoms with Crippen molar-refractivity contribution >= 4 is 17.7 Å². The van der Waals surface area contributed by atoms with Crippen LogP contribution in [0.4, 0.5) is 0 Å². The summed E-state index contributed by atoms with van der Waals surface area (Å²) in [5, 5.41) is 6.26. The molecular weight excluding hydrogens is 418 g/mol. The van der Waals surface area contributed by atoms with E-state index >= 15 is 0 Å². The van der Waals surface area contributed by atoms with Crippen molar-refractivity contribution in [1.82, 2.24) is 15.5 Å². The molecule has 5 aliphatic rings. The second kappa shape index (κ2) is 7.69. The van der Waals surface area contributed by atoms with Gasteiger partial charge in [0.15, 0.2) is 0 Å². The number of amides is 3. The number of nitrogens with zero attached hydrogens (tertiary/aromatic N) is 1. The molecule has 1 aromatic rings. The molecule has 2 saturated carbocycles. The first-order chi connectivity index (χ1) is 16.0. The van der Waals surface area contributed by atoms with E-state index in [-0.39, 0.29) is 29.8 Å². The van der Waals surface area contributed by atoms with Crippen LogP contribution in [0.3, 0.4) is 0 Å². The molecule has 2 N–H and O–H groups in total. The Labute approximate surface area is 193 Å². The van der Waals surface area contributed by atoms with Crippen LogP contribution in [0.25, 0.3) is 0 Å². The van der Waals surface area contributed by atoms with Gasteiger partial charge in [0.25, 0.3) is 0 Å². The van der Waals surface area contributed by atoms with E-state index in [0.29, 0.717) is 6.54 Å². The number of fused-ring (bicyclic) bond motifs is 1. The summed E-state index contributed by atoms with van der Waals surface area (Å²) in [7, 11) is 0. The number of aryl methyl sites for hydroxylation is 1. The minimum absolute atomic E-state index is 0.126. The molecule has 7 heteroatoms. The Morgan fingerprint density at radius 2 is 1.70 bits per heavy atom. The second-order valence-corrected chi connectivity index (χ2v) is 10.4.